The number of halogens is 1. The second kappa shape index (κ2) is 5.04. The molecule has 2 aromatic rings. The van der Waals surface area contributed by atoms with Gasteiger partial charge in [0.25, 0.3) is 5.91 Å². The van der Waals surface area contributed by atoms with Crippen molar-refractivity contribution in [1.29, 1.82) is 0 Å². The zero-order valence-electron chi connectivity index (χ0n) is 11.2. The molecule has 3 rings (SSSR count). The van der Waals surface area contributed by atoms with Crippen molar-refractivity contribution in [3.8, 4) is 0 Å². The Morgan fingerprint density at radius 1 is 1.35 bits per heavy atom. The number of carbonyl (C=O) groups is 1. The molecule has 0 N–H and O–H groups in total. The van der Waals surface area contributed by atoms with E-state index in [1.807, 2.05) is 31.2 Å². The number of aromatic nitrogens is 1. The third kappa shape index (κ3) is 2.18. The summed E-state index contributed by atoms with van der Waals surface area (Å²) in [6.45, 7) is 2.01. The first-order valence-electron chi connectivity index (χ1n) is 6.69. The minimum absolute atomic E-state index is 0.0978. The molecule has 0 spiro atoms. The highest BCUT2D eigenvalue weighted by Crippen LogP contribution is 2.31. The van der Waals surface area contributed by atoms with Crippen LogP contribution >= 0.6 is 0 Å². The van der Waals surface area contributed by atoms with E-state index in [-0.39, 0.29) is 17.5 Å². The van der Waals surface area contributed by atoms with Crippen LogP contribution < -0.4 is 4.90 Å². The van der Waals surface area contributed by atoms with E-state index < -0.39 is 5.82 Å². The number of anilines is 1. The first-order valence-corrected chi connectivity index (χ1v) is 6.69. The van der Waals surface area contributed by atoms with Crippen LogP contribution in [0.1, 0.15) is 29.3 Å². The molecule has 3 nitrogen and oxygen atoms in total. The predicted octanol–water partition coefficient (Wildman–Crippen LogP) is 3.20. The Balaban J connectivity index is 2.03. The maximum atomic E-state index is 13.3. The quantitative estimate of drug-likeness (QED) is 0.797. The lowest BCUT2D eigenvalue weighted by atomic mass is 9.96. The van der Waals surface area contributed by atoms with Gasteiger partial charge >= 0.3 is 0 Å². The number of rotatable bonds is 1. The van der Waals surface area contributed by atoms with E-state index in [0.29, 0.717) is 0 Å². The average Bonchev–Trinajstić information content (AvgIpc) is 2.46. The molecule has 0 aliphatic carbocycles. The number of pyridine rings is 1. The number of para-hydroxylation sites is 1. The van der Waals surface area contributed by atoms with E-state index in [4.69, 9.17) is 0 Å². The van der Waals surface area contributed by atoms with Gasteiger partial charge in [0.1, 0.15) is 5.82 Å². The van der Waals surface area contributed by atoms with Crippen LogP contribution in [0.2, 0.25) is 0 Å². The fourth-order valence-corrected chi connectivity index (χ4v) is 2.67. The van der Waals surface area contributed by atoms with E-state index in [0.717, 1.165) is 30.3 Å². The van der Waals surface area contributed by atoms with Gasteiger partial charge in [0, 0.05) is 17.9 Å². The number of hydrogen-bond donors (Lipinski definition) is 0. The summed E-state index contributed by atoms with van der Waals surface area (Å²) in [6, 6.07) is 9.20. The lowest BCUT2D eigenvalue weighted by Crippen LogP contribution is -2.42. The number of amides is 1. The molecule has 1 atom stereocenters. The van der Waals surface area contributed by atoms with Gasteiger partial charge in [0.05, 0.1) is 11.8 Å². The summed E-state index contributed by atoms with van der Waals surface area (Å²) in [7, 11) is 0. The molecule has 1 unspecified atom stereocenters. The molecule has 0 fully saturated rings. The molecule has 0 saturated carbocycles. The summed E-state index contributed by atoms with van der Waals surface area (Å²) in [5.41, 5.74) is 2.36. The molecule has 20 heavy (non-hydrogen) atoms. The van der Waals surface area contributed by atoms with Crippen LogP contribution in [-0.4, -0.2) is 16.9 Å². The second-order valence-corrected chi connectivity index (χ2v) is 5.08. The van der Waals surface area contributed by atoms with Crippen LogP contribution in [0.15, 0.2) is 42.7 Å². The minimum Gasteiger partial charge on any atom is -0.305 e. The van der Waals surface area contributed by atoms with Crippen molar-refractivity contribution >= 4 is 11.6 Å². The topological polar surface area (TPSA) is 33.2 Å². The number of fused-ring (bicyclic) bond motifs is 1. The van der Waals surface area contributed by atoms with Crippen molar-refractivity contribution in [3.05, 3.63) is 59.7 Å². The smallest absolute Gasteiger partial charge is 0.260 e. The first-order chi connectivity index (χ1) is 9.66. The molecular formula is C16H15FN2O. The third-order valence-electron chi connectivity index (χ3n) is 3.69. The molecule has 0 radical (unpaired) electrons. The zero-order valence-corrected chi connectivity index (χ0v) is 11.2. The lowest BCUT2D eigenvalue weighted by molar-refractivity contribution is 0.0974. The normalized spacial score (nSPS) is 17.7. The van der Waals surface area contributed by atoms with Crippen LogP contribution in [0.25, 0.3) is 0 Å². The minimum atomic E-state index is -0.492. The zero-order chi connectivity index (χ0) is 14.1. The van der Waals surface area contributed by atoms with Gasteiger partial charge in [0.2, 0.25) is 0 Å². The van der Waals surface area contributed by atoms with Crippen LogP contribution in [0.5, 0.6) is 0 Å². The van der Waals surface area contributed by atoms with Gasteiger partial charge in [-0.2, -0.15) is 0 Å². The van der Waals surface area contributed by atoms with Crippen molar-refractivity contribution in [2.45, 2.75) is 25.8 Å². The number of hydrogen-bond acceptors (Lipinski definition) is 2. The van der Waals surface area contributed by atoms with Crippen molar-refractivity contribution in [3.63, 3.8) is 0 Å². The highest BCUT2D eigenvalue weighted by atomic mass is 19.1. The summed E-state index contributed by atoms with van der Waals surface area (Å²) >= 11 is 0. The Morgan fingerprint density at radius 2 is 2.15 bits per heavy atom. The Kier molecular flexibility index (Phi) is 3.22. The number of nitrogens with zero attached hydrogens (tertiary/aromatic N) is 2. The van der Waals surface area contributed by atoms with Crippen molar-refractivity contribution in [1.82, 2.24) is 4.98 Å². The Labute approximate surface area is 117 Å². The summed E-state index contributed by atoms with van der Waals surface area (Å²) in [5, 5.41) is 0. The van der Waals surface area contributed by atoms with E-state index in [9.17, 15) is 9.18 Å². The SMILES string of the molecule is CC1CCc2ccccc2N1C(=O)c1cncc(F)c1. The molecule has 1 aliphatic heterocycles. The van der Waals surface area contributed by atoms with Gasteiger partial charge in [-0.25, -0.2) is 4.39 Å². The highest BCUT2D eigenvalue weighted by molar-refractivity contribution is 6.07. The van der Waals surface area contributed by atoms with Crippen molar-refractivity contribution in [2.75, 3.05) is 4.90 Å². The number of benzene rings is 1. The maximum Gasteiger partial charge on any atom is 0.260 e. The summed E-state index contributed by atoms with van der Waals surface area (Å²) < 4.78 is 13.3. The average molecular weight is 270 g/mol. The number of aryl methyl sites for hydroxylation is 1. The Bertz CT molecular complexity index is 656. The fourth-order valence-electron chi connectivity index (χ4n) is 2.67. The van der Waals surface area contributed by atoms with E-state index in [1.54, 1.807) is 4.90 Å². The molecule has 1 aromatic heterocycles. The van der Waals surface area contributed by atoms with Gasteiger partial charge in [-0.15, -0.1) is 0 Å². The fraction of sp³-hybridized carbons (Fsp3) is 0.250. The summed E-state index contributed by atoms with van der Waals surface area (Å²) in [4.78, 5) is 18.1. The molecule has 1 aliphatic rings. The molecule has 4 heteroatoms. The largest absolute Gasteiger partial charge is 0.305 e. The molecule has 0 saturated heterocycles. The van der Waals surface area contributed by atoms with Gasteiger partial charge in [-0.3, -0.25) is 9.78 Å². The predicted molar refractivity (Wildman–Crippen MR) is 75.2 cm³/mol. The van der Waals surface area contributed by atoms with Crippen molar-refractivity contribution in [2.24, 2.45) is 0 Å². The van der Waals surface area contributed by atoms with Gasteiger partial charge in [-0.05, 0) is 37.5 Å². The van der Waals surface area contributed by atoms with Gasteiger partial charge in [-0.1, -0.05) is 18.2 Å². The monoisotopic (exact) mass is 270 g/mol. The van der Waals surface area contributed by atoms with Crippen LogP contribution in [0, 0.1) is 5.82 Å². The molecule has 1 amide bonds. The van der Waals surface area contributed by atoms with E-state index in [1.165, 1.54) is 12.3 Å². The molecule has 1 aromatic carbocycles. The van der Waals surface area contributed by atoms with Crippen LogP contribution in [0.3, 0.4) is 0 Å². The van der Waals surface area contributed by atoms with Crippen molar-refractivity contribution < 1.29 is 9.18 Å². The summed E-state index contributed by atoms with van der Waals surface area (Å²) in [5.74, 6) is -0.689. The van der Waals surface area contributed by atoms with Gasteiger partial charge < -0.3 is 4.90 Å². The first kappa shape index (κ1) is 12.8. The summed E-state index contributed by atoms with van der Waals surface area (Å²) in [6.07, 6.45) is 4.38. The standard InChI is InChI=1S/C16H15FN2O/c1-11-6-7-12-4-2-3-5-15(12)19(11)16(20)13-8-14(17)10-18-9-13/h2-5,8-11H,6-7H2,1H3. The van der Waals surface area contributed by atoms with Gasteiger partial charge in [0.15, 0.2) is 0 Å². The Hall–Kier alpha value is -2.23. The number of carbonyl (C=O) groups excluding carboxylic acids is 1. The molecular weight excluding hydrogens is 255 g/mol. The molecule has 0 bridgehead atoms. The van der Waals surface area contributed by atoms with E-state index in [2.05, 4.69) is 4.98 Å². The molecule has 2 heterocycles. The Morgan fingerprint density at radius 3 is 2.95 bits per heavy atom. The van der Waals surface area contributed by atoms with E-state index >= 15 is 0 Å². The third-order valence-corrected chi connectivity index (χ3v) is 3.69. The lowest BCUT2D eigenvalue weighted by Gasteiger charge is -2.35. The molecule has 102 valence electrons. The maximum absolute atomic E-state index is 13.3. The highest BCUT2D eigenvalue weighted by Gasteiger charge is 2.28. The van der Waals surface area contributed by atoms with Crippen LogP contribution in [-0.2, 0) is 6.42 Å². The van der Waals surface area contributed by atoms with Crippen LogP contribution in [0.4, 0.5) is 10.1 Å². The second-order valence-electron chi connectivity index (χ2n) is 5.08.